The highest BCUT2D eigenvalue weighted by Crippen LogP contribution is 2.38. The molecule has 3 heteroatoms. The second-order valence-corrected chi connectivity index (χ2v) is 4.58. The predicted molar refractivity (Wildman–Crippen MR) is 62.7 cm³/mol. The van der Waals surface area contributed by atoms with Gasteiger partial charge in [-0.05, 0) is 29.9 Å². The van der Waals surface area contributed by atoms with Crippen LogP contribution in [0.2, 0.25) is 0 Å². The van der Waals surface area contributed by atoms with Crippen molar-refractivity contribution >= 4 is 5.82 Å². The van der Waals surface area contributed by atoms with E-state index in [9.17, 15) is 0 Å². The van der Waals surface area contributed by atoms with E-state index in [2.05, 4.69) is 36.0 Å². The van der Waals surface area contributed by atoms with Crippen molar-refractivity contribution in [1.82, 2.24) is 4.98 Å². The highest BCUT2D eigenvalue weighted by molar-refractivity contribution is 5.38. The van der Waals surface area contributed by atoms with Crippen LogP contribution in [0.5, 0.6) is 0 Å². The van der Waals surface area contributed by atoms with Crippen molar-refractivity contribution in [3.63, 3.8) is 0 Å². The van der Waals surface area contributed by atoms with Crippen LogP contribution in [-0.2, 0) is 6.54 Å². The molecule has 1 heterocycles. The second kappa shape index (κ2) is 4.19. The lowest BCUT2D eigenvalue weighted by Gasteiger charge is -2.18. The number of nitrogens with zero attached hydrogens (tertiary/aromatic N) is 2. The maximum atomic E-state index is 5.53. The number of anilines is 1. The zero-order valence-corrected chi connectivity index (χ0v) is 9.48. The van der Waals surface area contributed by atoms with Crippen LogP contribution in [0.15, 0.2) is 18.3 Å². The summed E-state index contributed by atoms with van der Waals surface area (Å²) < 4.78 is 0. The van der Waals surface area contributed by atoms with Crippen LogP contribution in [-0.4, -0.2) is 18.6 Å². The van der Waals surface area contributed by atoms with E-state index >= 15 is 0 Å². The molecule has 0 radical (unpaired) electrons. The monoisotopic (exact) mass is 205 g/mol. The molecule has 1 aromatic rings. The minimum absolute atomic E-state index is 0.566. The molecule has 1 aromatic heterocycles. The van der Waals surface area contributed by atoms with Crippen molar-refractivity contribution in [1.29, 1.82) is 0 Å². The largest absolute Gasteiger partial charge is 0.359 e. The average Bonchev–Trinajstić information content (AvgIpc) is 2.94. The summed E-state index contributed by atoms with van der Waals surface area (Å²) in [4.78, 5) is 6.63. The molecule has 15 heavy (non-hydrogen) atoms. The first-order valence-corrected chi connectivity index (χ1v) is 5.57. The fourth-order valence-corrected chi connectivity index (χ4v) is 1.86. The van der Waals surface area contributed by atoms with Crippen molar-refractivity contribution in [2.45, 2.75) is 19.9 Å². The minimum Gasteiger partial charge on any atom is -0.359 e. The molecule has 2 unspecified atom stereocenters. The number of pyridine rings is 1. The molecule has 0 bridgehead atoms. The van der Waals surface area contributed by atoms with Crippen molar-refractivity contribution in [3.8, 4) is 0 Å². The van der Waals surface area contributed by atoms with Gasteiger partial charge in [0.15, 0.2) is 0 Å². The van der Waals surface area contributed by atoms with Gasteiger partial charge in [-0.3, -0.25) is 0 Å². The predicted octanol–water partition coefficient (Wildman–Crippen LogP) is 1.63. The molecular formula is C12H19N3. The number of nitrogens with two attached hydrogens (primary N) is 1. The highest BCUT2D eigenvalue weighted by atomic mass is 15.2. The Morgan fingerprint density at radius 3 is 2.73 bits per heavy atom. The molecule has 82 valence electrons. The highest BCUT2D eigenvalue weighted by Gasteiger charge is 2.33. The van der Waals surface area contributed by atoms with E-state index in [1.54, 1.807) is 0 Å². The summed E-state index contributed by atoms with van der Waals surface area (Å²) in [6.07, 6.45) is 3.23. The van der Waals surface area contributed by atoms with Crippen molar-refractivity contribution in [2.75, 3.05) is 18.5 Å². The Morgan fingerprint density at radius 1 is 1.53 bits per heavy atom. The van der Waals surface area contributed by atoms with E-state index in [0.717, 1.165) is 29.8 Å². The molecule has 0 aliphatic heterocycles. The zero-order valence-electron chi connectivity index (χ0n) is 9.48. The van der Waals surface area contributed by atoms with Gasteiger partial charge >= 0.3 is 0 Å². The molecule has 0 aromatic carbocycles. The lowest BCUT2D eigenvalue weighted by atomic mass is 10.2. The molecule has 0 spiro atoms. The maximum absolute atomic E-state index is 5.53. The van der Waals surface area contributed by atoms with Crippen molar-refractivity contribution in [2.24, 2.45) is 17.6 Å². The lowest BCUT2D eigenvalue weighted by Crippen LogP contribution is -2.21. The summed E-state index contributed by atoms with van der Waals surface area (Å²) in [6.45, 7) is 4.00. The summed E-state index contributed by atoms with van der Waals surface area (Å²) in [7, 11) is 2.11. The van der Waals surface area contributed by atoms with Gasteiger partial charge in [0.2, 0.25) is 0 Å². The van der Waals surface area contributed by atoms with Gasteiger partial charge in [0.1, 0.15) is 5.82 Å². The molecule has 2 N–H and O–H groups in total. The molecule has 2 rings (SSSR count). The molecule has 1 fully saturated rings. The Labute approximate surface area is 91.3 Å². The maximum Gasteiger partial charge on any atom is 0.128 e. The lowest BCUT2D eigenvalue weighted by molar-refractivity contribution is 0.719. The van der Waals surface area contributed by atoms with Gasteiger partial charge in [-0.15, -0.1) is 0 Å². The van der Waals surface area contributed by atoms with E-state index in [1.165, 1.54) is 6.42 Å². The number of hydrogen-bond acceptors (Lipinski definition) is 3. The number of aromatic nitrogens is 1. The summed E-state index contributed by atoms with van der Waals surface area (Å²) in [5.74, 6) is 2.81. The van der Waals surface area contributed by atoms with Gasteiger partial charge in [0.25, 0.3) is 0 Å². The Hall–Kier alpha value is -1.09. The molecule has 1 aliphatic carbocycles. The normalized spacial score (nSPS) is 23.9. The third-order valence-corrected chi connectivity index (χ3v) is 3.22. The number of rotatable bonds is 4. The van der Waals surface area contributed by atoms with Gasteiger partial charge in [-0.25, -0.2) is 4.98 Å². The van der Waals surface area contributed by atoms with Crippen LogP contribution < -0.4 is 10.6 Å². The summed E-state index contributed by atoms with van der Waals surface area (Å²) in [5, 5.41) is 0. The molecule has 3 nitrogen and oxygen atoms in total. The first-order chi connectivity index (χ1) is 7.20. The first-order valence-electron chi connectivity index (χ1n) is 5.57. The standard InChI is InChI=1S/C12H19N3/c1-9-5-11(9)8-15(2)12-4-3-10(6-13)7-14-12/h3-4,7,9,11H,5-6,8,13H2,1-2H3. The van der Waals surface area contributed by atoms with Crippen LogP contribution in [0, 0.1) is 11.8 Å². The molecule has 0 amide bonds. The Morgan fingerprint density at radius 2 is 2.27 bits per heavy atom. The molecule has 1 aliphatic rings. The van der Waals surface area contributed by atoms with Gasteiger partial charge in [-0.2, -0.15) is 0 Å². The van der Waals surface area contributed by atoms with Crippen LogP contribution in [0.25, 0.3) is 0 Å². The summed E-state index contributed by atoms with van der Waals surface area (Å²) in [5.41, 5.74) is 6.62. The quantitative estimate of drug-likeness (QED) is 0.812. The van der Waals surface area contributed by atoms with E-state index in [1.807, 2.05) is 6.20 Å². The van der Waals surface area contributed by atoms with Gasteiger partial charge in [0.05, 0.1) is 0 Å². The molecule has 0 saturated heterocycles. The fraction of sp³-hybridized carbons (Fsp3) is 0.583. The Bertz CT molecular complexity index is 320. The second-order valence-electron chi connectivity index (χ2n) is 4.58. The summed E-state index contributed by atoms with van der Waals surface area (Å²) in [6, 6.07) is 4.10. The fourth-order valence-electron chi connectivity index (χ4n) is 1.86. The van der Waals surface area contributed by atoms with Crippen molar-refractivity contribution < 1.29 is 0 Å². The van der Waals surface area contributed by atoms with Gasteiger partial charge in [0, 0.05) is 26.3 Å². The molecule has 2 atom stereocenters. The zero-order chi connectivity index (χ0) is 10.8. The van der Waals surface area contributed by atoms with Crippen molar-refractivity contribution in [3.05, 3.63) is 23.9 Å². The Balaban J connectivity index is 1.95. The molecule has 1 saturated carbocycles. The van der Waals surface area contributed by atoms with Crippen LogP contribution in [0.3, 0.4) is 0 Å². The van der Waals surface area contributed by atoms with Crippen LogP contribution in [0.1, 0.15) is 18.9 Å². The van der Waals surface area contributed by atoms with E-state index in [4.69, 9.17) is 5.73 Å². The van der Waals surface area contributed by atoms with E-state index in [-0.39, 0.29) is 0 Å². The Kier molecular flexibility index (Phi) is 2.91. The van der Waals surface area contributed by atoms with Gasteiger partial charge in [-0.1, -0.05) is 13.0 Å². The van der Waals surface area contributed by atoms with Crippen LogP contribution >= 0.6 is 0 Å². The number of hydrogen-bond donors (Lipinski definition) is 1. The average molecular weight is 205 g/mol. The van der Waals surface area contributed by atoms with Crippen LogP contribution in [0.4, 0.5) is 5.82 Å². The van der Waals surface area contributed by atoms with Gasteiger partial charge < -0.3 is 10.6 Å². The topological polar surface area (TPSA) is 42.1 Å². The first kappa shape index (κ1) is 10.4. The SMILES string of the molecule is CC1CC1CN(C)c1ccc(CN)cn1. The summed E-state index contributed by atoms with van der Waals surface area (Å²) >= 11 is 0. The third-order valence-electron chi connectivity index (χ3n) is 3.22. The smallest absolute Gasteiger partial charge is 0.128 e. The third kappa shape index (κ3) is 2.48. The minimum atomic E-state index is 0.566. The van der Waals surface area contributed by atoms with E-state index < -0.39 is 0 Å². The van der Waals surface area contributed by atoms with E-state index in [0.29, 0.717) is 6.54 Å². The molecular weight excluding hydrogens is 186 g/mol.